The van der Waals surface area contributed by atoms with Crippen LogP contribution in [0.2, 0.25) is 0 Å². The molecule has 0 radical (unpaired) electrons. The molecule has 4 rings (SSSR count). The predicted molar refractivity (Wildman–Crippen MR) is 80.8 cm³/mol. The molecule has 0 aliphatic heterocycles. The van der Waals surface area contributed by atoms with Gasteiger partial charge in [0.15, 0.2) is 0 Å². The lowest BCUT2D eigenvalue weighted by molar-refractivity contribution is -0.0483. The Kier molecular flexibility index (Phi) is 3.20. The van der Waals surface area contributed by atoms with E-state index in [0.29, 0.717) is 0 Å². The highest BCUT2D eigenvalue weighted by Gasteiger charge is 2.56. The zero-order valence-corrected chi connectivity index (χ0v) is 13.0. The molecule has 0 heteroatoms. The third-order valence-electron chi connectivity index (χ3n) is 7.96. The molecule has 8 atom stereocenters. The third-order valence-corrected chi connectivity index (χ3v) is 7.96. The minimum Gasteiger partial charge on any atom is -0.0651 e. The van der Waals surface area contributed by atoms with E-state index in [0.717, 1.165) is 41.4 Å². The molecule has 4 fully saturated rings. The van der Waals surface area contributed by atoms with Gasteiger partial charge in [-0.3, -0.25) is 0 Å². The van der Waals surface area contributed by atoms with E-state index in [9.17, 15) is 0 Å². The molecule has 0 heterocycles. The van der Waals surface area contributed by atoms with Crippen molar-refractivity contribution in [3.05, 3.63) is 0 Å². The Balaban J connectivity index is 1.65. The van der Waals surface area contributed by atoms with Crippen LogP contribution in [0.5, 0.6) is 0 Å². The monoisotopic (exact) mass is 260 g/mol. The summed E-state index contributed by atoms with van der Waals surface area (Å²) in [4.78, 5) is 0. The maximum Gasteiger partial charge on any atom is -0.0323 e. The van der Waals surface area contributed by atoms with Gasteiger partial charge in [0.05, 0.1) is 0 Å². The zero-order valence-electron chi connectivity index (χ0n) is 13.0. The van der Waals surface area contributed by atoms with Gasteiger partial charge in [0.25, 0.3) is 0 Å². The van der Waals surface area contributed by atoms with Crippen molar-refractivity contribution in [1.29, 1.82) is 0 Å². The van der Waals surface area contributed by atoms with Crippen molar-refractivity contribution in [2.45, 2.75) is 71.6 Å². The van der Waals surface area contributed by atoms with Crippen LogP contribution in [0.4, 0.5) is 0 Å². The topological polar surface area (TPSA) is 0 Å². The quantitative estimate of drug-likeness (QED) is 0.613. The smallest absolute Gasteiger partial charge is 0.0323 e. The molecule has 0 amide bonds. The first kappa shape index (κ1) is 12.7. The normalized spacial score (nSPS) is 55.9. The van der Waals surface area contributed by atoms with Crippen molar-refractivity contribution in [3.63, 3.8) is 0 Å². The van der Waals surface area contributed by atoms with Gasteiger partial charge in [0.2, 0.25) is 0 Å². The van der Waals surface area contributed by atoms with E-state index >= 15 is 0 Å². The fourth-order valence-electron chi connectivity index (χ4n) is 7.48. The van der Waals surface area contributed by atoms with Gasteiger partial charge in [-0.2, -0.15) is 0 Å². The maximum atomic E-state index is 2.51. The van der Waals surface area contributed by atoms with Gasteiger partial charge in [-0.1, -0.05) is 46.0 Å². The Labute approximate surface area is 119 Å². The molecule has 108 valence electrons. The van der Waals surface area contributed by atoms with Crippen molar-refractivity contribution in [3.8, 4) is 0 Å². The van der Waals surface area contributed by atoms with Crippen LogP contribution in [0, 0.1) is 47.3 Å². The summed E-state index contributed by atoms with van der Waals surface area (Å²) >= 11 is 0. The third kappa shape index (κ3) is 1.77. The Morgan fingerprint density at radius 2 is 1.53 bits per heavy atom. The lowest BCUT2D eigenvalue weighted by Crippen LogP contribution is -2.47. The van der Waals surface area contributed by atoms with Gasteiger partial charge in [0.1, 0.15) is 0 Å². The van der Waals surface area contributed by atoms with Crippen LogP contribution in [0.1, 0.15) is 71.6 Å². The van der Waals surface area contributed by atoms with Gasteiger partial charge < -0.3 is 0 Å². The molecule has 4 saturated carbocycles. The van der Waals surface area contributed by atoms with Crippen LogP contribution in [0.15, 0.2) is 0 Å². The van der Waals surface area contributed by atoms with Gasteiger partial charge in [-0.25, -0.2) is 0 Å². The molecule has 0 aromatic rings. The molecular formula is C19H32. The minimum absolute atomic E-state index is 1.09. The average Bonchev–Trinajstić information content (AvgIpc) is 3.05. The van der Waals surface area contributed by atoms with E-state index in [4.69, 9.17) is 0 Å². The van der Waals surface area contributed by atoms with Gasteiger partial charge >= 0.3 is 0 Å². The average molecular weight is 260 g/mol. The number of hydrogen-bond acceptors (Lipinski definition) is 0. The summed E-state index contributed by atoms with van der Waals surface area (Å²) in [5, 5.41) is 0. The highest BCUT2D eigenvalue weighted by Crippen LogP contribution is 2.64. The second-order valence-corrected chi connectivity index (χ2v) is 8.32. The summed E-state index contributed by atoms with van der Waals surface area (Å²) in [5.74, 6) is 9.10. The van der Waals surface area contributed by atoms with Gasteiger partial charge in [0, 0.05) is 0 Å². The molecule has 4 aliphatic rings. The molecule has 0 spiro atoms. The van der Waals surface area contributed by atoms with Crippen molar-refractivity contribution in [2.24, 2.45) is 47.3 Å². The number of fused-ring (bicyclic) bond motifs is 6. The Hall–Kier alpha value is 0. The molecule has 0 N–H and O–H groups in total. The van der Waals surface area contributed by atoms with E-state index in [-0.39, 0.29) is 0 Å². The van der Waals surface area contributed by atoms with Crippen LogP contribution in [-0.2, 0) is 0 Å². The summed E-state index contributed by atoms with van der Waals surface area (Å²) in [7, 11) is 0. The van der Waals surface area contributed by atoms with E-state index in [1.54, 1.807) is 44.9 Å². The lowest BCUT2D eigenvalue weighted by atomic mass is 9.51. The molecule has 0 aromatic carbocycles. The summed E-state index contributed by atoms with van der Waals surface area (Å²) in [6, 6.07) is 0. The SMILES string of the molecule is CCC1CCCC2CC3C4CCC(C4)C3C(CC)C12. The van der Waals surface area contributed by atoms with Crippen molar-refractivity contribution < 1.29 is 0 Å². The summed E-state index contributed by atoms with van der Waals surface area (Å²) in [6.07, 6.45) is 14.1. The first-order chi connectivity index (χ1) is 9.33. The summed E-state index contributed by atoms with van der Waals surface area (Å²) in [6.45, 7) is 4.98. The second-order valence-electron chi connectivity index (χ2n) is 8.32. The highest BCUT2D eigenvalue weighted by atomic mass is 14.6. The van der Waals surface area contributed by atoms with E-state index in [2.05, 4.69) is 13.8 Å². The molecule has 4 aliphatic carbocycles. The summed E-state index contributed by atoms with van der Waals surface area (Å²) < 4.78 is 0. The Bertz CT molecular complexity index is 333. The van der Waals surface area contributed by atoms with Gasteiger partial charge in [-0.15, -0.1) is 0 Å². The number of rotatable bonds is 2. The predicted octanol–water partition coefficient (Wildman–Crippen LogP) is 5.52. The molecule has 0 nitrogen and oxygen atoms in total. The first-order valence-corrected chi connectivity index (χ1v) is 9.33. The first-order valence-electron chi connectivity index (χ1n) is 9.33. The van der Waals surface area contributed by atoms with Crippen LogP contribution in [0.25, 0.3) is 0 Å². The van der Waals surface area contributed by atoms with Crippen molar-refractivity contribution in [2.75, 3.05) is 0 Å². The molecule has 2 bridgehead atoms. The van der Waals surface area contributed by atoms with E-state index < -0.39 is 0 Å². The fourth-order valence-corrected chi connectivity index (χ4v) is 7.48. The standard InChI is InChI=1S/C19H32/c1-3-12-6-5-7-14-11-17-13-8-9-15(10-13)19(17)16(4-2)18(12)14/h12-19H,3-11H2,1-2H3. The fraction of sp³-hybridized carbons (Fsp3) is 1.00. The second kappa shape index (κ2) is 4.78. The minimum atomic E-state index is 1.09. The van der Waals surface area contributed by atoms with Gasteiger partial charge in [-0.05, 0) is 73.0 Å². The van der Waals surface area contributed by atoms with Crippen LogP contribution in [-0.4, -0.2) is 0 Å². The Morgan fingerprint density at radius 3 is 2.32 bits per heavy atom. The van der Waals surface area contributed by atoms with Crippen LogP contribution < -0.4 is 0 Å². The molecule has 0 aromatic heterocycles. The Morgan fingerprint density at radius 1 is 0.737 bits per heavy atom. The summed E-state index contributed by atoms with van der Waals surface area (Å²) in [5.41, 5.74) is 0. The number of hydrogen-bond donors (Lipinski definition) is 0. The highest BCUT2D eigenvalue weighted by molar-refractivity contribution is 5.05. The molecular weight excluding hydrogens is 228 g/mol. The molecule has 8 unspecified atom stereocenters. The molecule has 19 heavy (non-hydrogen) atoms. The van der Waals surface area contributed by atoms with Crippen LogP contribution in [0.3, 0.4) is 0 Å². The lowest BCUT2D eigenvalue weighted by Gasteiger charge is -2.54. The van der Waals surface area contributed by atoms with E-state index in [1.807, 2.05) is 0 Å². The van der Waals surface area contributed by atoms with E-state index in [1.165, 1.54) is 18.8 Å². The maximum absolute atomic E-state index is 2.51. The van der Waals surface area contributed by atoms with Crippen molar-refractivity contribution in [1.82, 2.24) is 0 Å². The zero-order chi connectivity index (χ0) is 13.0. The molecule has 0 saturated heterocycles. The van der Waals surface area contributed by atoms with Crippen molar-refractivity contribution >= 4 is 0 Å². The van der Waals surface area contributed by atoms with Crippen LogP contribution >= 0.6 is 0 Å². The largest absolute Gasteiger partial charge is 0.0651 e.